The lowest BCUT2D eigenvalue weighted by atomic mass is 10.1. The van der Waals surface area contributed by atoms with Crippen LogP contribution in [-0.4, -0.2) is 18.7 Å². The smallest absolute Gasteiger partial charge is 0.407 e. The van der Waals surface area contributed by atoms with E-state index in [1.807, 2.05) is 37.3 Å². The van der Waals surface area contributed by atoms with Crippen LogP contribution in [0.5, 0.6) is 0 Å². The number of hydrogen-bond donors (Lipinski definition) is 1. The average Bonchev–Trinajstić information content (AvgIpc) is 2.30. The Labute approximate surface area is 96.8 Å². The third-order valence-corrected chi connectivity index (χ3v) is 2.25. The molecule has 0 aliphatic heterocycles. The molecular weight excluding hydrogens is 202 g/mol. The van der Waals surface area contributed by atoms with Crippen molar-refractivity contribution in [2.45, 2.75) is 25.9 Å². The van der Waals surface area contributed by atoms with Crippen molar-refractivity contribution in [2.24, 2.45) is 0 Å². The summed E-state index contributed by atoms with van der Waals surface area (Å²) in [5, 5.41) is 2.70. The first-order valence-corrected chi connectivity index (χ1v) is 5.54. The summed E-state index contributed by atoms with van der Waals surface area (Å²) >= 11 is 0. The molecule has 1 aromatic rings. The number of nitrogens with one attached hydrogen (secondary N) is 1. The van der Waals surface area contributed by atoms with Gasteiger partial charge < -0.3 is 10.1 Å². The van der Waals surface area contributed by atoms with Gasteiger partial charge >= 0.3 is 6.09 Å². The minimum atomic E-state index is -0.391. The second-order valence-electron chi connectivity index (χ2n) is 3.60. The number of amides is 1. The first-order valence-electron chi connectivity index (χ1n) is 5.54. The summed E-state index contributed by atoms with van der Waals surface area (Å²) in [6.07, 6.45) is 0.880. The molecule has 3 nitrogen and oxygen atoms in total. The molecular formula is C13H18NO2. The summed E-state index contributed by atoms with van der Waals surface area (Å²) in [4.78, 5) is 11.2. The normalized spacial score (nSPS) is 11.9. The Balaban J connectivity index is 2.18. The molecule has 0 saturated carbocycles. The van der Waals surface area contributed by atoms with Crippen molar-refractivity contribution in [2.75, 3.05) is 6.54 Å². The predicted octanol–water partition coefficient (Wildman–Crippen LogP) is 2.57. The molecule has 0 aliphatic carbocycles. The highest BCUT2D eigenvalue weighted by molar-refractivity contribution is 5.67. The molecule has 1 atom stereocenters. The molecule has 0 aromatic heterocycles. The molecule has 0 aliphatic rings. The fourth-order valence-electron chi connectivity index (χ4n) is 1.23. The van der Waals surface area contributed by atoms with E-state index in [4.69, 9.17) is 4.74 Å². The molecule has 87 valence electrons. The van der Waals surface area contributed by atoms with Crippen molar-refractivity contribution in [3.05, 3.63) is 42.8 Å². The first kappa shape index (κ1) is 12.6. The first-order chi connectivity index (χ1) is 7.72. The molecule has 1 amide bonds. The number of rotatable bonds is 5. The van der Waals surface area contributed by atoms with E-state index < -0.39 is 6.09 Å². The Kier molecular flexibility index (Phi) is 5.40. The van der Waals surface area contributed by atoms with Crippen molar-refractivity contribution >= 4 is 6.09 Å². The lowest BCUT2D eigenvalue weighted by Gasteiger charge is -2.11. The summed E-state index contributed by atoms with van der Waals surface area (Å²) in [7, 11) is 0. The van der Waals surface area contributed by atoms with E-state index in [1.165, 1.54) is 5.56 Å². The lowest BCUT2D eigenvalue weighted by molar-refractivity contribution is 0.117. The zero-order chi connectivity index (χ0) is 11.8. The Morgan fingerprint density at radius 1 is 1.44 bits per heavy atom. The Bertz CT molecular complexity index is 311. The highest BCUT2D eigenvalue weighted by Crippen LogP contribution is 1.99. The van der Waals surface area contributed by atoms with Crippen LogP contribution < -0.4 is 5.32 Å². The molecule has 1 radical (unpaired) electrons. The van der Waals surface area contributed by atoms with Gasteiger partial charge in [-0.15, -0.1) is 0 Å². The summed E-state index contributed by atoms with van der Waals surface area (Å²) in [6.45, 7) is 6.19. The van der Waals surface area contributed by atoms with Crippen LogP contribution in [0.15, 0.2) is 30.3 Å². The van der Waals surface area contributed by atoms with Gasteiger partial charge in [-0.25, -0.2) is 4.79 Å². The molecule has 1 aromatic carbocycles. The van der Waals surface area contributed by atoms with E-state index in [9.17, 15) is 4.79 Å². The van der Waals surface area contributed by atoms with Crippen molar-refractivity contribution in [1.29, 1.82) is 0 Å². The molecule has 1 unspecified atom stereocenters. The quantitative estimate of drug-likeness (QED) is 0.828. The van der Waals surface area contributed by atoms with Gasteiger partial charge in [0.2, 0.25) is 0 Å². The van der Waals surface area contributed by atoms with Gasteiger partial charge in [-0.3, -0.25) is 0 Å². The minimum Gasteiger partial charge on any atom is -0.446 e. The van der Waals surface area contributed by atoms with Gasteiger partial charge in [-0.05, 0) is 25.3 Å². The van der Waals surface area contributed by atoms with Crippen LogP contribution in [0.3, 0.4) is 0 Å². The maximum absolute atomic E-state index is 11.2. The summed E-state index contributed by atoms with van der Waals surface area (Å²) in [5.41, 5.74) is 1.20. The maximum atomic E-state index is 11.2. The number of carbonyl (C=O) groups excluding carboxylic acids is 1. The molecule has 0 heterocycles. The van der Waals surface area contributed by atoms with E-state index in [0.29, 0.717) is 6.54 Å². The fraction of sp³-hybridized carbons (Fsp3) is 0.385. The Hall–Kier alpha value is -1.51. The summed E-state index contributed by atoms with van der Waals surface area (Å²) < 4.78 is 4.98. The second-order valence-corrected chi connectivity index (χ2v) is 3.60. The van der Waals surface area contributed by atoms with Crippen LogP contribution in [0, 0.1) is 6.92 Å². The maximum Gasteiger partial charge on any atom is 0.407 e. The van der Waals surface area contributed by atoms with E-state index >= 15 is 0 Å². The molecule has 0 spiro atoms. The van der Waals surface area contributed by atoms with Crippen LogP contribution in [0.25, 0.3) is 0 Å². The molecule has 3 heteroatoms. The van der Waals surface area contributed by atoms with Crippen molar-refractivity contribution in [3.63, 3.8) is 0 Å². The van der Waals surface area contributed by atoms with Gasteiger partial charge in [0.15, 0.2) is 0 Å². The molecule has 16 heavy (non-hydrogen) atoms. The number of alkyl carbamates (subject to hydrolysis) is 1. The van der Waals surface area contributed by atoms with Gasteiger partial charge in [0.25, 0.3) is 0 Å². The third-order valence-electron chi connectivity index (χ3n) is 2.25. The molecule has 1 rings (SSSR count). The van der Waals surface area contributed by atoms with Gasteiger partial charge in [-0.1, -0.05) is 37.3 Å². The number of carbonyl (C=O) groups is 1. The fourth-order valence-corrected chi connectivity index (χ4v) is 1.23. The molecule has 1 N–H and O–H groups in total. The summed E-state index contributed by atoms with van der Waals surface area (Å²) in [6, 6.07) is 10.00. The van der Waals surface area contributed by atoms with E-state index in [0.717, 1.165) is 12.8 Å². The van der Waals surface area contributed by atoms with Crippen molar-refractivity contribution < 1.29 is 9.53 Å². The van der Waals surface area contributed by atoms with Gasteiger partial charge in [-0.2, -0.15) is 0 Å². The highest BCUT2D eigenvalue weighted by Gasteiger charge is 2.05. The zero-order valence-corrected chi connectivity index (χ0v) is 9.61. The number of ether oxygens (including phenoxy) is 1. The lowest BCUT2D eigenvalue weighted by Crippen LogP contribution is -2.29. The highest BCUT2D eigenvalue weighted by atomic mass is 16.6. The minimum absolute atomic E-state index is 0.267. The van der Waals surface area contributed by atoms with Gasteiger partial charge in [0, 0.05) is 6.54 Å². The monoisotopic (exact) mass is 220 g/mol. The van der Waals surface area contributed by atoms with Crippen LogP contribution >= 0.6 is 0 Å². The Morgan fingerprint density at radius 3 is 2.75 bits per heavy atom. The van der Waals surface area contributed by atoms with E-state index in [-0.39, 0.29) is 6.10 Å². The molecule has 0 saturated heterocycles. The van der Waals surface area contributed by atoms with Crippen molar-refractivity contribution in [1.82, 2.24) is 5.32 Å². The predicted molar refractivity (Wildman–Crippen MR) is 64.1 cm³/mol. The Morgan fingerprint density at radius 2 is 2.12 bits per heavy atom. The van der Waals surface area contributed by atoms with E-state index in [2.05, 4.69) is 12.2 Å². The largest absolute Gasteiger partial charge is 0.446 e. The average molecular weight is 220 g/mol. The molecule has 0 fully saturated rings. The third kappa shape index (κ3) is 4.82. The second kappa shape index (κ2) is 6.88. The van der Waals surface area contributed by atoms with Gasteiger partial charge in [0.05, 0.1) is 0 Å². The standard InChI is InChI=1S/C13H18NO2/c1-3-11(2)16-13(15)14-10-9-12-7-5-4-6-8-12/h4-8,11H,2-3,9-10H2,1H3,(H,14,15). The topological polar surface area (TPSA) is 38.3 Å². The summed E-state index contributed by atoms with van der Waals surface area (Å²) in [5.74, 6) is 0. The van der Waals surface area contributed by atoms with Gasteiger partial charge in [0.1, 0.15) is 6.10 Å². The number of benzene rings is 1. The zero-order valence-electron chi connectivity index (χ0n) is 9.61. The van der Waals surface area contributed by atoms with Crippen LogP contribution in [0.1, 0.15) is 18.9 Å². The van der Waals surface area contributed by atoms with E-state index in [1.54, 1.807) is 0 Å². The SMILES string of the molecule is [CH2]C(CC)OC(=O)NCCc1ccccc1. The van der Waals surface area contributed by atoms with Crippen molar-refractivity contribution in [3.8, 4) is 0 Å². The van der Waals surface area contributed by atoms with Crippen LogP contribution in [-0.2, 0) is 11.2 Å². The van der Waals surface area contributed by atoms with Crippen LogP contribution in [0.2, 0.25) is 0 Å². The molecule has 0 bridgehead atoms. The number of hydrogen-bond acceptors (Lipinski definition) is 2. The van der Waals surface area contributed by atoms with Crippen LogP contribution in [0.4, 0.5) is 4.79 Å².